The Labute approximate surface area is 228 Å². The van der Waals surface area contributed by atoms with Crippen molar-refractivity contribution in [1.29, 1.82) is 0 Å². The van der Waals surface area contributed by atoms with Gasteiger partial charge in [0.05, 0.1) is 0 Å². The van der Waals surface area contributed by atoms with Crippen LogP contribution in [0.3, 0.4) is 0 Å². The summed E-state index contributed by atoms with van der Waals surface area (Å²) in [5, 5.41) is 0. The van der Waals surface area contributed by atoms with E-state index in [0.717, 1.165) is 30.5 Å². The largest absolute Gasteiger partial charge is 0.260 e. The molecule has 1 nitrogen and oxygen atoms in total. The van der Waals surface area contributed by atoms with E-state index < -0.39 is 0 Å². The summed E-state index contributed by atoms with van der Waals surface area (Å²) in [5.41, 5.74) is 8.73. The number of pyridine rings is 1. The van der Waals surface area contributed by atoms with Gasteiger partial charge in [-0.05, 0) is 91.2 Å². The third kappa shape index (κ3) is 6.51. The zero-order valence-corrected chi connectivity index (χ0v) is 22.2. The van der Waals surface area contributed by atoms with Crippen molar-refractivity contribution in [3.8, 4) is 23.5 Å². The molecule has 0 N–H and O–H groups in total. The fourth-order valence-electron chi connectivity index (χ4n) is 6.11. The second-order valence-corrected chi connectivity index (χ2v) is 10.8. The average molecular weight is 496 g/mol. The lowest BCUT2D eigenvalue weighted by Gasteiger charge is -2.35. The van der Waals surface area contributed by atoms with Gasteiger partial charge in [-0.1, -0.05) is 103 Å². The fourth-order valence-corrected chi connectivity index (χ4v) is 6.11. The standard InChI is InChI=1S/C37H37N/c1-3-29-18-25-36(38-27-29)26-31-16-19-34(20-17-31)37(28(2)14-15-30-10-6-4-7-11-30)35-23-21-33(22-24-35)32-12-8-5-9-13-32/h1,4-13,18,21-25,27,31,34,37H,2,14-17,19-20,26H2. The molecule has 3 aromatic carbocycles. The van der Waals surface area contributed by atoms with Crippen molar-refractivity contribution < 1.29 is 0 Å². The maximum absolute atomic E-state index is 5.50. The lowest BCUT2D eigenvalue weighted by molar-refractivity contribution is 0.251. The minimum absolute atomic E-state index is 0.400. The highest BCUT2D eigenvalue weighted by Gasteiger charge is 2.30. The van der Waals surface area contributed by atoms with Crippen LogP contribution in [-0.4, -0.2) is 4.98 Å². The first-order valence-electron chi connectivity index (χ1n) is 14.0. The first-order chi connectivity index (χ1) is 18.7. The molecular weight excluding hydrogens is 458 g/mol. The first kappa shape index (κ1) is 25.7. The van der Waals surface area contributed by atoms with Crippen molar-refractivity contribution in [2.75, 3.05) is 0 Å². The molecule has 1 saturated carbocycles. The van der Waals surface area contributed by atoms with Gasteiger partial charge in [-0.25, -0.2) is 0 Å². The van der Waals surface area contributed by atoms with Gasteiger partial charge in [0.25, 0.3) is 0 Å². The molecule has 1 aromatic heterocycles. The smallest absolute Gasteiger partial charge is 0.0427 e. The lowest BCUT2D eigenvalue weighted by atomic mass is 9.69. The Kier molecular flexibility index (Phi) is 8.52. The molecular formula is C37H37N. The summed E-state index contributed by atoms with van der Waals surface area (Å²) < 4.78 is 0. The number of allylic oxidation sites excluding steroid dienone is 1. The maximum atomic E-state index is 5.50. The second kappa shape index (κ2) is 12.6. The third-order valence-electron chi connectivity index (χ3n) is 8.25. The molecule has 0 radical (unpaired) electrons. The van der Waals surface area contributed by atoms with Crippen LogP contribution in [0.4, 0.5) is 0 Å². The Bertz CT molecular complexity index is 1340. The predicted molar refractivity (Wildman–Crippen MR) is 160 cm³/mol. The van der Waals surface area contributed by atoms with Crippen molar-refractivity contribution in [3.05, 3.63) is 138 Å². The maximum Gasteiger partial charge on any atom is 0.0427 e. The number of benzene rings is 3. The molecule has 0 aliphatic heterocycles. The number of nitrogens with zero attached hydrogens (tertiary/aromatic N) is 1. The molecule has 1 heterocycles. The van der Waals surface area contributed by atoms with E-state index in [0.29, 0.717) is 17.8 Å². The Morgan fingerprint density at radius 3 is 2.11 bits per heavy atom. The van der Waals surface area contributed by atoms with Crippen molar-refractivity contribution in [3.63, 3.8) is 0 Å². The summed E-state index contributed by atoms with van der Waals surface area (Å²) in [4.78, 5) is 4.60. The van der Waals surface area contributed by atoms with Gasteiger partial charge < -0.3 is 0 Å². The molecule has 0 spiro atoms. The fraction of sp³-hybridized carbons (Fsp3) is 0.270. The highest BCUT2D eigenvalue weighted by Crippen LogP contribution is 2.43. The van der Waals surface area contributed by atoms with E-state index in [2.05, 4.69) is 108 Å². The van der Waals surface area contributed by atoms with Crippen molar-refractivity contribution in [1.82, 2.24) is 4.98 Å². The van der Waals surface area contributed by atoms with Crippen LogP contribution in [0, 0.1) is 24.2 Å². The van der Waals surface area contributed by atoms with Crippen LogP contribution in [0.5, 0.6) is 0 Å². The van der Waals surface area contributed by atoms with Gasteiger partial charge in [0.2, 0.25) is 0 Å². The van der Waals surface area contributed by atoms with Crippen molar-refractivity contribution in [2.24, 2.45) is 11.8 Å². The minimum atomic E-state index is 0.400. The summed E-state index contributed by atoms with van der Waals surface area (Å²) in [6.45, 7) is 4.68. The summed E-state index contributed by atoms with van der Waals surface area (Å²) in [7, 11) is 0. The van der Waals surface area contributed by atoms with Crippen molar-refractivity contribution >= 4 is 0 Å². The van der Waals surface area contributed by atoms with Gasteiger partial charge in [-0.3, -0.25) is 4.98 Å². The zero-order chi connectivity index (χ0) is 26.2. The Morgan fingerprint density at radius 2 is 1.47 bits per heavy atom. The Morgan fingerprint density at radius 1 is 0.816 bits per heavy atom. The normalized spacial score (nSPS) is 17.9. The molecule has 190 valence electrons. The molecule has 1 aliphatic carbocycles. The third-order valence-corrected chi connectivity index (χ3v) is 8.25. The van der Waals surface area contributed by atoms with E-state index in [1.807, 2.05) is 12.3 Å². The number of hydrogen-bond acceptors (Lipinski definition) is 1. The van der Waals surface area contributed by atoms with Gasteiger partial charge in [0, 0.05) is 23.4 Å². The van der Waals surface area contributed by atoms with Gasteiger partial charge in [0.1, 0.15) is 0 Å². The van der Waals surface area contributed by atoms with E-state index in [9.17, 15) is 0 Å². The quantitative estimate of drug-likeness (QED) is 0.167. The molecule has 38 heavy (non-hydrogen) atoms. The zero-order valence-electron chi connectivity index (χ0n) is 22.2. The summed E-state index contributed by atoms with van der Waals surface area (Å²) in [6.07, 6.45) is 15.4. The lowest BCUT2D eigenvalue weighted by Crippen LogP contribution is -2.23. The molecule has 1 unspecified atom stereocenters. The topological polar surface area (TPSA) is 12.9 Å². The molecule has 0 amide bonds. The number of aryl methyl sites for hydroxylation is 1. The minimum Gasteiger partial charge on any atom is -0.260 e. The van der Waals surface area contributed by atoms with Crippen LogP contribution in [0.2, 0.25) is 0 Å². The number of rotatable bonds is 9. The predicted octanol–water partition coefficient (Wildman–Crippen LogP) is 9.05. The molecule has 1 heteroatoms. The number of aromatic nitrogens is 1. The molecule has 1 fully saturated rings. The Hall–Kier alpha value is -3.89. The molecule has 0 saturated heterocycles. The van der Waals surface area contributed by atoms with Crippen LogP contribution in [-0.2, 0) is 12.8 Å². The van der Waals surface area contributed by atoms with Crippen LogP contribution in [0.25, 0.3) is 11.1 Å². The summed E-state index contributed by atoms with van der Waals surface area (Å²) in [6, 6.07) is 34.9. The van der Waals surface area contributed by atoms with Crippen molar-refractivity contribution in [2.45, 2.75) is 50.9 Å². The van der Waals surface area contributed by atoms with Gasteiger partial charge in [-0.15, -0.1) is 6.42 Å². The second-order valence-electron chi connectivity index (χ2n) is 10.8. The van der Waals surface area contributed by atoms with Gasteiger partial charge >= 0.3 is 0 Å². The molecule has 4 aromatic rings. The SMILES string of the molecule is C#Cc1ccc(CC2CCC(C(C(=C)CCc3ccccc3)c3ccc(-c4ccccc4)cc3)CC2)nc1. The van der Waals surface area contributed by atoms with E-state index >= 15 is 0 Å². The molecule has 1 aliphatic rings. The van der Waals surface area contributed by atoms with Crippen LogP contribution in [0.15, 0.2) is 115 Å². The Balaban J connectivity index is 1.29. The van der Waals surface area contributed by atoms with Crippen LogP contribution < -0.4 is 0 Å². The first-order valence-corrected chi connectivity index (χ1v) is 14.0. The van der Waals surface area contributed by atoms with Crippen LogP contribution >= 0.6 is 0 Å². The van der Waals surface area contributed by atoms with E-state index in [1.165, 1.54) is 53.5 Å². The number of hydrogen-bond donors (Lipinski definition) is 0. The highest BCUT2D eigenvalue weighted by molar-refractivity contribution is 5.63. The van der Waals surface area contributed by atoms with Crippen LogP contribution in [0.1, 0.15) is 60.4 Å². The summed E-state index contributed by atoms with van der Waals surface area (Å²) >= 11 is 0. The molecule has 0 bridgehead atoms. The highest BCUT2D eigenvalue weighted by atomic mass is 14.7. The van der Waals surface area contributed by atoms with E-state index in [1.54, 1.807) is 0 Å². The molecule has 1 atom stereocenters. The molecule has 5 rings (SSSR count). The number of terminal acetylenes is 1. The average Bonchev–Trinajstić information content (AvgIpc) is 2.99. The monoisotopic (exact) mass is 495 g/mol. The summed E-state index contributed by atoms with van der Waals surface area (Å²) in [5.74, 6) is 4.39. The van der Waals surface area contributed by atoms with Gasteiger partial charge in [-0.2, -0.15) is 0 Å². The van der Waals surface area contributed by atoms with Gasteiger partial charge in [0.15, 0.2) is 0 Å². The van der Waals surface area contributed by atoms with E-state index in [-0.39, 0.29) is 0 Å². The van der Waals surface area contributed by atoms with E-state index in [4.69, 9.17) is 6.42 Å².